The van der Waals surface area contributed by atoms with Crippen molar-refractivity contribution in [3.05, 3.63) is 35.9 Å². The quantitative estimate of drug-likeness (QED) is 0.290. The lowest BCUT2D eigenvalue weighted by Gasteiger charge is -2.23. The van der Waals surface area contributed by atoms with Gasteiger partial charge in [0.05, 0.1) is 0 Å². The van der Waals surface area contributed by atoms with E-state index < -0.39 is 35.9 Å². The first-order chi connectivity index (χ1) is 14.4. The Labute approximate surface area is 185 Å². The number of hydrogen-bond donors (Lipinski definition) is 4. The zero-order chi connectivity index (χ0) is 22.4. The fourth-order valence-corrected chi connectivity index (χ4v) is 3.65. The van der Waals surface area contributed by atoms with E-state index in [4.69, 9.17) is 0 Å². The molecule has 3 amide bonds. The van der Waals surface area contributed by atoms with Crippen molar-refractivity contribution in [1.29, 1.82) is 0 Å². The molecule has 0 fully saturated rings. The highest BCUT2D eigenvalue weighted by atomic mass is 32.2. The topological polar surface area (TPSA) is 125 Å². The van der Waals surface area contributed by atoms with E-state index in [1.165, 1.54) is 11.8 Å². The van der Waals surface area contributed by atoms with Crippen molar-refractivity contribution in [1.82, 2.24) is 16.0 Å². The Morgan fingerprint density at radius 3 is 2.00 bits per heavy atom. The second-order valence-corrected chi connectivity index (χ2v) is 8.52. The van der Waals surface area contributed by atoms with Crippen LogP contribution in [0, 0.1) is 0 Å². The molecule has 0 aliphatic rings. The fraction of sp³-hybridized carbons (Fsp3) is 0.500. The van der Waals surface area contributed by atoms with Crippen molar-refractivity contribution in [2.45, 2.75) is 37.4 Å². The molecule has 0 radical (unpaired) electrons. The predicted octanol–water partition coefficient (Wildman–Crippen LogP) is 0.904. The van der Waals surface area contributed by atoms with E-state index >= 15 is 0 Å². The molecule has 0 aliphatic heterocycles. The lowest BCUT2D eigenvalue weighted by molar-refractivity contribution is -0.142. The Morgan fingerprint density at radius 1 is 0.933 bits per heavy atom. The average molecular weight is 456 g/mol. The smallest absolute Gasteiger partial charge is 0.326 e. The number of thioether (sulfide) groups is 2. The Kier molecular flexibility index (Phi) is 12.7. The molecule has 0 aromatic heterocycles. The predicted molar refractivity (Wildman–Crippen MR) is 121 cm³/mol. The molecule has 1 aromatic rings. The lowest BCUT2D eigenvalue weighted by Crippen LogP contribution is -2.55. The van der Waals surface area contributed by atoms with Crippen molar-refractivity contribution >= 4 is 47.7 Å². The van der Waals surface area contributed by atoms with Crippen LogP contribution in [-0.2, 0) is 25.6 Å². The second kappa shape index (κ2) is 14.7. The number of aliphatic carboxylic acids is 1. The molecule has 8 nitrogen and oxygen atoms in total. The van der Waals surface area contributed by atoms with E-state index in [0.29, 0.717) is 30.8 Å². The van der Waals surface area contributed by atoms with Crippen LogP contribution in [0.25, 0.3) is 0 Å². The van der Waals surface area contributed by atoms with Crippen molar-refractivity contribution < 1.29 is 24.3 Å². The van der Waals surface area contributed by atoms with E-state index in [0.717, 1.165) is 5.56 Å². The SMILES string of the molecule is CSCC[C@@H](NC=O)C(=O)N[C@H](CCSC)C(=O)N[C@H](Cc1ccccc1)C(=O)O. The van der Waals surface area contributed by atoms with Gasteiger partial charge in [-0.2, -0.15) is 23.5 Å². The highest BCUT2D eigenvalue weighted by Crippen LogP contribution is 2.07. The van der Waals surface area contributed by atoms with E-state index in [9.17, 15) is 24.3 Å². The molecule has 4 N–H and O–H groups in total. The molecule has 1 aromatic carbocycles. The molecule has 30 heavy (non-hydrogen) atoms. The van der Waals surface area contributed by atoms with Gasteiger partial charge in [-0.3, -0.25) is 14.4 Å². The summed E-state index contributed by atoms with van der Waals surface area (Å²) in [7, 11) is 0. The number of rotatable bonds is 15. The summed E-state index contributed by atoms with van der Waals surface area (Å²) in [6, 6.07) is 6.24. The standard InChI is InChI=1S/C20H29N3O5S2/c1-29-10-8-15(21-13-24)18(25)22-16(9-11-30-2)19(26)23-17(20(27)28)12-14-6-4-3-5-7-14/h3-7,13,15-17H,8-12H2,1-2H3,(H,21,24)(H,22,25)(H,23,26)(H,27,28)/t15-,16-,17-/m1/s1. The first kappa shape index (κ1) is 25.8. The van der Waals surface area contributed by atoms with Gasteiger partial charge >= 0.3 is 5.97 Å². The van der Waals surface area contributed by atoms with Gasteiger partial charge in [0.1, 0.15) is 18.1 Å². The van der Waals surface area contributed by atoms with Crippen molar-refractivity contribution in [3.8, 4) is 0 Å². The van der Waals surface area contributed by atoms with Gasteiger partial charge in [-0.15, -0.1) is 0 Å². The zero-order valence-electron chi connectivity index (χ0n) is 17.1. The third kappa shape index (κ3) is 9.53. The van der Waals surface area contributed by atoms with Crippen LogP contribution in [0.4, 0.5) is 0 Å². The van der Waals surface area contributed by atoms with Gasteiger partial charge in [0.15, 0.2) is 0 Å². The number of carbonyl (C=O) groups is 4. The van der Waals surface area contributed by atoms with Gasteiger partial charge in [0, 0.05) is 6.42 Å². The van der Waals surface area contributed by atoms with E-state index in [1.807, 2.05) is 18.6 Å². The zero-order valence-corrected chi connectivity index (χ0v) is 18.8. The normalized spacial score (nSPS) is 13.5. The summed E-state index contributed by atoms with van der Waals surface area (Å²) in [4.78, 5) is 47.8. The summed E-state index contributed by atoms with van der Waals surface area (Å²) in [5.41, 5.74) is 0.780. The van der Waals surface area contributed by atoms with E-state index in [1.54, 1.807) is 36.0 Å². The molecule has 0 heterocycles. The molecule has 0 aliphatic carbocycles. The third-order valence-electron chi connectivity index (χ3n) is 4.34. The minimum atomic E-state index is -1.15. The average Bonchev–Trinajstić information content (AvgIpc) is 2.73. The van der Waals surface area contributed by atoms with Crippen molar-refractivity contribution in [2.75, 3.05) is 24.0 Å². The molecule has 10 heteroatoms. The summed E-state index contributed by atoms with van der Waals surface area (Å²) in [6.07, 6.45) is 5.13. The van der Waals surface area contributed by atoms with Crippen LogP contribution >= 0.6 is 23.5 Å². The number of nitrogens with one attached hydrogen (secondary N) is 3. The number of carboxylic acid groups (broad SMARTS) is 1. The van der Waals surface area contributed by atoms with Gasteiger partial charge in [-0.05, 0) is 42.4 Å². The van der Waals surface area contributed by atoms with Gasteiger partial charge in [0.2, 0.25) is 18.2 Å². The summed E-state index contributed by atoms with van der Waals surface area (Å²) < 4.78 is 0. The van der Waals surface area contributed by atoms with Gasteiger partial charge in [0.25, 0.3) is 0 Å². The molecule has 3 atom stereocenters. The molecular weight excluding hydrogens is 426 g/mol. The van der Waals surface area contributed by atoms with Gasteiger partial charge in [-0.25, -0.2) is 4.79 Å². The maximum Gasteiger partial charge on any atom is 0.326 e. The van der Waals surface area contributed by atoms with Gasteiger partial charge < -0.3 is 21.1 Å². The fourth-order valence-electron chi connectivity index (χ4n) is 2.71. The second-order valence-electron chi connectivity index (χ2n) is 6.55. The van der Waals surface area contributed by atoms with E-state index in [2.05, 4.69) is 16.0 Å². The maximum absolute atomic E-state index is 12.8. The number of amides is 3. The molecule has 1 rings (SSSR count). The van der Waals surface area contributed by atoms with Crippen LogP contribution in [0.3, 0.4) is 0 Å². The molecule has 0 saturated heterocycles. The molecule has 166 valence electrons. The Bertz CT molecular complexity index is 690. The summed E-state index contributed by atoms with van der Waals surface area (Å²) in [5, 5.41) is 17.2. The summed E-state index contributed by atoms with van der Waals surface area (Å²) in [6.45, 7) is 0. The first-order valence-corrected chi connectivity index (χ1v) is 12.3. The number of carbonyl (C=O) groups excluding carboxylic acids is 3. The lowest BCUT2D eigenvalue weighted by atomic mass is 10.1. The molecule has 0 saturated carbocycles. The number of hydrogen-bond acceptors (Lipinski definition) is 6. The van der Waals surface area contributed by atoms with Crippen LogP contribution in [0.5, 0.6) is 0 Å². The van der Waals surface area contributed by atoms with Crippen LogP contribution in [0.1, 0.15) is 18.4 Å². The molecular formula is C20H29N3O5S2. The highest BCUT2D eigenvalue weighted by molar-refractivity contribution is 7.98. The van der Waals surface area contributed by atoms with E-state index in [-0.39, 0.29) is 6.42 Å². The van der Waals surface area contributed by atoms with Crippen LogP contribution in [0.2, 0.25) is 0 Å². The largest absolute Gasteiger partial charge is 0.480 e. The molecule has 0 unspecified atom stereocenters. The Balaban J connectivity index is 2.85. The number of carboxylic acids is 1. The van der Waals surface area contributed by atoms with Crippen LogP contribution in [-0.4, -0.2) is 71.4 Å². The highest BCUT2D eigenvalue weighted by Gasteiger charge is 2.28. The van der Waals surface area contributed by atoms with Crippen molar-refractivity contribution in [3.63, 3.8) is 0 Å². The molecule has 0 spiro atoms. The minimum absolute atomic E-state index is 0.133. The Hall–Kier alpha value is -2.20. The van der Waals surface area contributed by atoms with Crippen molar-refractivity contribution in [2.24, 2.45) is 0 Å². The third-order valence-corrected chi connectivity index (χ3v) is 5.63. The van der Waals surface area contributed by atoms with Gasteiger partial charge in [-0.1, -0.05) is 30.3 Å². The summed E-state index contributed by atoms with van der Waals surface area (Å²) >= 11 is 3.05. The number of benzene rings is 1. The monoisotopic (exact) mass is 455 g/mol. The maximum atomic E-state index is 12.8. The first-order valence-electron chi connectivity index (χ1n) is 9.48. The molecule has 0 bridgehead atoms. The Morgan fingerprint density at radius 2 is 1.47 bits per heavy atom. The van der Waals surface area contributed by atoms with Crippen LogP contribution < -0.4 is 16.0 Å². The minimum Gasteiger partial charge on any atom is -0.480 e. The van der Waals surface area contributed by atoms with Crippen LogP contribution in [0.15, 0.2) is 30.3 Å². The summed E-state index contributed by atoms with van der Waals surface area (Å²) in [5.74, 6) is -0.908.